The topological polar surface area (TPSA) is 69.6 Å². The summed E-state index contributed by atoms with van der Waals surface area (Å²) < 4.78 is 0. The first-order valence-corrected chi connectivity index (χ1v) is 10.0. The number of carboxylic acids is 1. The van der Waals surface area contributed by atoms with E-state index in [9.17, 15) is 14.7 Å². The summed E-state index contributed by atoms with van der Waals surface area (Å²) in [7, 11) is 0. The van der Waals surface area contributed by atoms with Gasteiger partial charge in [-0.2, -0.15) is 0 Å². The highest BCUT2D eigenvalue weighted by Gasteiger charge is 2.28. The van der Waals surface area contributed by atoms with E-state index in [1.807, 2.05) is 6.07 Å². The first-order chi connectivity index (χ1) is 13.5. The largest absolute Gasteiger partial charge is 0.478 e. The number of hydrogen-bond acceptors (Lipinski definition) is 3. The molecular weight excluding hydrogens is 352 g/mol. The molecule has 5 heteroatoms. The van der Waals surface area contributed by atoms with Gasteiger partial charge >= 0.3 is 5.97 Å². The van der Waals surface area contributed by atoms with Crippen LogP contribution in [0.2, 0.25) is 0 Å². The Balaban J connectivity index is 1.51. The van der Waals surface area contributed by atoms with E-state index in [1.54, 1.807) is 12.1 Å². The molecule has 2 aromatic carbocycles. The number of amides is 1. The molecule has 1 heterocycles. The number of carbonyl (C=O) groups is 2. The molecule has 1 amide bonds. The summed E-state index contributed by atoms with van der Waals surface area (Å²) in [6, 6.07) is 13.9. The van der Waals surface area contributed by atoms with Crippen molar-refractivity contribution in [3.8, 4) is 0 Å². The molecule has 4 rings (SSSR count). The first-order valence-electron chi connectivity index (χ1n) is 10.0. The smallest absolute Gasteiger partial charge is 0.337 e. The van der Waals surface area contributed by atoms with Crippen LogP contribution in [-0.4, -0.2) is 30.1 Å². The van der Waals surface area contributed by atoms with Gasteiger partial charge in [-0.15, -0.1) is 0 Å². The van der Waals surface area contributed by atoms with Crippen molar-refractivity contribution in [3.05, 3.63) is 59.2 Å². The van der Waals surface area contributed by atoms with E-state index in [0.29, 0.717) is 11.6 Å². The lowest BCUT2D eigenvalue weighted by Crippen LogP contribution is -2.28. The van der Waals surface area contributed by atoms with E-state index in [-0.39, 0.29) is 17.4 Å². The second-order valence-corrected chi connectivity index (χ2v) is 8.00. The van der Waals surface area contributed by atoms with Crippen LogP contribution in [0.15, 0.2) is 42.5 Å². The van der Waals surface area contributed by atoms with Gasteiger partial charge in [-0.05, 0) is 49.9 Å². The Morgan fingerprint density at radius 3 is 2.61 bits per heavy atom. The number of hydrogen-bond donors (Lipinski definition) is 2. The van der Waals surface area contributed by atoms with E-state index in [1.165, 1.54) is 11.1 Å². The molecule has 0 spiro atoms. The van der Waals surface area contributed by atoms with Crippen LogP contribution in [-0.2, 0) is 4.79 Å². The average Bonchev–Trinajstić information content (AvgIpc) is 3.10. The predicted molar refractivity (Wildman–Crippen MR) is 110 cm³/mol. The van der Waals surface area contributed by atoms with Gasteiger partial charge in [0, 0.05) is 30.6 Å². The zero-order valence-corrected chi connectivity index (χ0v) is 16.1. The lowest BCUT2D eigenvalue weighted by Gasteiger charge is -2.25. The molecular formula is C23H26N2O3. The molecule has 0 aromatic heterocycles. The van der Waals surface area contributed by atoms with Gasteiger partial charge in [0.2, 0.25) is 5.91 Å². The number of carbonyl (C=O) groups excluding carboxylic acids is 1. The van der Waals surface area contributed by atoms with Crippen LogP contribution in [0, 0.1) is 12.8 Å². The SMILES string of the molecule is Cc1cccc([C@H]2CCN(c3ccc(NC(=O)C4CCC4)c(C(=O)O)c3)C2)c1. The van der Waals surface area contributed by atoms with E-state index >= 15 is 0 Å². The first kappa shape index (κ1) is 18.5. The molecule has 0 unspecified atom stereocenters. The highest BCUT2D eigenvalue weighted by Crippen LogP contribution is 2.33. The van der Waals surface area contributed by atoms with Crippen molar-refractivity contribution in [2.24, 2.45) is 5.92 Å². The number of nitrogens with one attached hydrogen (secondary N) is 1. The van der Waals surface area contributed by atoms with Crippen molar-refractivity contribution in [2.45, 2.75) is 38.5 Å². The van der Waals surface area contributed by atoms with Gasteiger partial charge < -0.3 is 15.3 Å². The highest BCUT2D eigenvalue weighted by molar-refractivity contribution is 6.02. The minimum atomic E-state index is -1.01. The molecule has 1 atom stereocenters. The number of anilines is 2. The second-order valence-electron chi connectivity index (χ2n) is 8.00. The molecule has 2 aromatic rings. The molecule has 146 valence electrons. The molecule has 0 radical (unpaired) electrons. The molecule has 1 saturated carbocycles. The predicted octanol–water partition coefficient (Wildman–Crippen LogP) is 4.43. The maximum absolute atomic E-state index is 12.2. The molecule has 0 bridgehead atoms. The Labute approximate surface area is 165 Å². The Hall–Kier alpha value is -2.82. The van der Waals surface area contributed by atoms with E-state index in [0.717, 1.165) is 44.5 Å². The number of rotatable bonds is 5. The molecule has 2 aliphatic rings. The Kier molecular flexibility index (Phi) is 5.07. The van der Waals surface area contributed by atoms with Crippen LogP contribution in [0.1, 0.15) is 53.1 Å². The second kappa shape index (κ2) is 7.66. The quantitative estimate of drug-likeness (QED) is 0.808. The third-order valence-corrected chi connectivity index (χ3v) is 6.03. The van der Waals surface area contributed by atoms with Gasteiger partial charge in [-0.1, -0.05) is 36.2 Å². The normalized spacial score (nSPS) is 19.3. The Morgan fingerprint density at radius 2 is 1.93 bits per heavy atom. The van der Waals surface area contributed by atoms with Crippen LogP contribution in [0.5, 0.6) is 0 Å². The van der Waals surface area contributed by atoms with E-state index in [2.05, 4.69) is 41.4 Å². The zero-order valence-electron chi connectivity index (χ0n) is 16.1. The van der Waals surface area contributed by atoms with Crippen LogP contribution < -0.4 is 10.2 Å². The van der Waals surface area contributed by atoms with E-state index in [4.69, 9.17) is 0 Å². The molecule has 1 aliphatic heterocycles. The minimum Gasteiger partial charge on any atom is -0.478 e. The van der Waals surface area contributed by atoms with E-state index < -0.39 is 5.97 Å². The van der Waals surface area contributed by atoms with Crippen molar-refractivity contribution in [1.29, 1.82) is 0 Å². The lowest BCUT2D eigenvalue weighted by molar-refractivity contribution is -0.122. The van der Waals surface area contributed by atoms with Crippen molar-refractivity contribution < 1.29 is 14.7 Å². The summed E-state index contributed by atoms with van der Waals surface area (Å²) in [4.78, 5) is 26.2. The van der Waals surface area contributed by atoms with Gasteiger partial charge in [-0.25, -0.2) is 4.79 Å². The Morgan fingerprint density at radius 1 is 1.11 bits per heavy atom. The van der Waals surface area contributed by atoms with Crippen LogP contribution >= 0.6 is 0 Å². The summed E-state index contributed by atoms with van der Waals surface area (Å²) in [5.41, 5.74) is 4.04. The van der Waals surface area contributed by atoms with Crippen molar-refractivity contribution in [1.82, 2.24) is 0 Å². The maximum Gasteiger partial charge on any atom is 0.337 e. The van der Waals surface area contributed by atoms with Crippen LogP contribution in [0.4, 0.5) is 11.4 Å². The number of aromatic carboxylic acids is 1. The summed E-state index contributed by atoms with van der Waals surface area (Å²) in [5, 5.41) is 12.5. The number of benzene rings is 2. The standard InChI is InChI=1S/C23H26N2O3/c1-15-4-2-7-17(12-15)18-10-11-25(14-18)19-8-9-21(20(13-19)23(27)28)24-22(26)16-5-3-6-16/h2,4,7-9,12-13,16,18H,3,5-6,10-11,14H2,1H3,(H,24,26)(H,27,28)/t18-/m0/s1. The average molecular weight is 378 g/mol. The lowest BCUT2D eigenvalue weighted by atomic mass is 9.85. The molecule has 28 heavy (non-hydrogen) atoms. The molecule has 1 aliphatic carbocycles. The fraction of sp³-hybridized carbons (Fsp3) is 0.391. The van der Waals surface area contributed by atoms with Crippen LogP contribution in [0.3, 0.4) is 0 Å². The van der Waals surface area contributed by atoms with Gasteiger partial charge in [0.25, 0.3) is 0 Å². The number of nitrogens with zero attached hydrogens (tertiary/aromatic N) is 1. The fourth-order valence-corrected chi connectivity index (χ4v) is 4.11. The summed E-state index contributed by atoms with van der Waals surface area (Å²) in [6.07, 6.45) is 3.90. The highest BCUT2D eigenvalue weighted by atomic mass is 16.4. The third-order valence-electron chi connectivity index (χ3n) is 6.03. The zero-order chi connectivity index (χ0) is 19.7. The summed E-state index contributed by atoms with van der Waals surface area (Å²) in [5.74, 6) is -0.608. The molecule has 2 N–H and O–H groups in total. The molecule has 5 nitrogen and oxygen atoms in total. The number of carboxylic acid groups (broad SMARTS) is 1. The van der Waals surface area contributed by atoms with Gasteiger partial charge in [0.15, 0.2) is 0 Å². The van der Waals surface area contributed by atoms with Crippen LogP contribution in [0.25, 0.3) is 0 Å². The minimum absolute atomic E-state index is 0.0231. The molecule has 2 fully saturated rings. The maximum atomic E-state index is 12.2. The Bertz CT molecular complexity index is 904. The van der Waals surface area contributed by atoms with Crippen molar-refractivity contribution in [3.63, 3.8) is 0 Å². The molecule has 1 saturated heterocycles. The van der Waals surface area contributed by atoms with Crippen molar-refractivity contribution in [2.75, 3.05) is 23.3 Å². The third kappa shape index (κ3) is 3.75. The van der Waals surface area contributed by atoms with Gasteiger partial charge in [0.1, 0.15) is 0 Å². The summed E-state index contributed by atoms with van der Waals surface area (Å²) >= 11 is 0. The van der Waals surface area contributed by atoms with Gasteiger partial charge in [0.05, 0.1) is 11.3 Å². The number of aryl methyl sites for hydroxylation is 1. The monoisotopic (exact) mass is 378 g/mol. The summed E-state index contributed by atoms with van der Waals surface area (Å²) in [6.45, 7) is 3.87. The fourth-order valence-electron chi connectivity index (χ4n) is 4.11. The van der Waals surface area contributed by atoms with Crippen molar-refractivity contribution >= 4 is 23.3 Å². The van der Waals surface area contributed by atoms with Gasteiger partial charge in [-0.3, -0.25) is 4.79 Å².